The SMILES string of the molecule is CCOC(=O)[C@@H]1NC(=O)O[C@H]1c1ccccc1. The number of hydrogen-bond acceptors (Lipinski definition) is 4. The number of cyclic esters (lactones) is 1. The van der Waals surface area contributed by atoms with Crippen LogP contribution in [0.2, 0.25) is 0 Å². The fourth-order valence-corrected chi connectivity index (χ4v) is 1.74. The van der Waals surface area contributed by atoms with Gasteiger partial charge in [-0.1, -0.05) is 30.3 Å². The van der Waals surface area contributed by atoms with Crippen molar-refractivity contribution in [3.8, 4) is 0 Å². The van der Waals surface area contributed by atoms with Crippen LogP contribution in [-0.2, 0) is 14.3 Å². The molecule has 0 aromatic heterocycles. The van der Waals surface area contributed by atoms with E-state index < -0.39 is 24.2 Å². The highest BCUT2D eigenvalue weighted by Gasteiger charge is 2.41. The quantitative estimate of drug-likeness (QED) is 0.804. The van der Waals surface area contributed by atoms with Crippen LogP contribution in [0, 0.1) is 0 Å². The first-order valence-electron chi connectivity index (χ1n) is 5.41. The lowest BCUT2D eigenvalue weighted by Crippen LogP contribution is -2.37. The zero-order chi connectivity index (χ0) is 12.3. The van der Waals surface area contributed by atoms with Crippen LogP contribution in [0.5, 0.6) is 0 Å². The fourth-order valence-electron chi connectivity index (χ4n) is 1.74. The fraction of sp³-hybridized carbons (Fsp3) is 0.333. The molecule has 5 nitrogen and oxygen atoms in total. The number of benzene rings is 1. The summed E-state index contributed by atoms with van der Waals surface area (Å²) in [5.74, 6) is -0.479. The first-order valence-corrected chi connectivity index (χ1v) is 5.41. The van der Waals surface area contributed by atoms with Crippen LogP contribution in [0.3, 0.4) is 0 Å². The number of alkyl carbamates (subject to hydrolysis) is 1. The highest BCUT2D eigenvalue weighted by atomic mass is 16.6. The first-order chi connectivity index (χ1) is 8.22. The molecule has 1 amide bonds. The van der Waals surface area contributed by atoms with Crippen molar-refractivity contribution in [1.82, 2.24) is 5.32 Å². The molecule has 1 aromatic rings. The molecule has 1 saturated heterocycles. The van der Waals surface area contributed by atoms with E-state index in [1.807, 2.05) is 18.2 Å². The highest BCUT2D eigenvalue weighted by molar-refractivity contribution is 5.85. The Morgan fingerprint density at radius 1 is 1.41 bits per heavy atom. The average Bonchev–Trinajstić information content (AvgIpc) is 2.73. The van der Waals surface area contributed by atoms with Crippen molar-refractivity contribution < 1.29 is 19.1 Å². The minimum Gasteiger partial charge on any atom is -0.464 e. The molecule has 1 aliphatic heterocycles. The second-order valence-corrected chi connectivity index (χ2v) is 3.61. The Morgan fingerprint density at radius 3 is 2.76 bits per heavy atom. The molecule has 1 N–H and O–H groups in total. The summed E-state index contributed by atoms with van der Waals surface area (Å²) in [5.41, 5.74) is 0.768. The Morgan fingerprint density at radius 2 is 2.12 bits per heavy atom. The van der Waals surface area contributed by atoms with Gasteiger partial charge in [-0.3, -0.25) is 0 Å². The summed E-state index contributed by atoms with van der Waals surface area (Å²) < 4.78 is 9.97. The van der Waals surface area contributed by atoms with Crippen molar-refractivity contribution in [2.24, 2.45) is 0 Å². The largest absolute Gasteiger partial charge is 0.464 e. The summed E-state index contributed by atoms with van der Waals surface area (Å²) in [6, 6.07) is 8.33. The first kappa shape index (κ1) is 11.4. The Hall–Kier alpha value is -2.04. The maximum Gasteiger partial charge on any atom is 0.408 e. The second-order valence-electron chi connectivity index (χ2n) is 3.61. The number of carbonyl (C=O) groups excluding carboxylic acids is 2. The average molecular weight is 235 g/mol. The molecule has 5 heteroatoms. The van der Waals surface area contributed by atoms with E-state index in [1.54, 1.807) is 19.1 Å². The Kier molecular flexibility index (Phi) is 3.27. The molecule has 2 atom stereocenters. The molecule has 0 radical (unpaired) electrons. The van der Waals surface area contributed by atoms with Crippen molar-refractivity contribution in [1.29, 1.82) is 0 Å². The number of rotatable bonds is 3. The predicted octanol–water partition coefficient (Wildman–Crippen LogP) is 1.40. The molecule has 1 aromatic carbocycles. The van der Waals surface area contributed by atoms with Crippen molar-refractivity contribution >= 4 is 12.1 Å². The maximum atomic E-state index is 11.7. The number of carbonyl (C=O) groups is 2. The van der Waals surface area contributed by atoms with E-state index in [0.29, 0.717) is 0 Å². The van der Waals surface area contributed by atoms with E-state index in [0.717, 1.165) is 5.56 Å². The van der Waals surface area contributed by atoms with Crippen LogP contribution in [0.15, 0.2) is 30.3 Å². The summed E-state index contributed by atoms with van der Waals surface area (Å²) in [5, 5.41) is 2.45. The molecule has 2 rings (SSSR count). The standard InChI is InChI=1S/C12H13NO4/c1-2-16-11(14)9-10(17-12(15)13-9)8-6-4-3-5-7-8/h3-7,9-10H,2H2,1H3,(H,13,15)/t9-,10+/m1/s1. The van der Waals surface area contributed by atoms with Crippen LogP contribution < -0.4 is 5.32 Å². The number of esters is 1. The van der Waals surface area contributed by atoms with Crippen molar-refractivity contribution in [2.45, 2.75) is 19.1 Å². The third-order valence-electron chi connectivity index (χ3n) is 2.48. The lowest BCUT2D eigenvalue weighted by molar-refractivity contribution is -0.146. The van der Waals surface area contributed by atoms with Gasteiger partial charge >= 0.3 is 12.1 Å². The smallest absolute Gasteiger partial charge is 0.408 e. The molecule has 0 aliphatic carbocycles. The normalized spacial score (nSPS) is 22.8. The number of hydrogen-bond donors (Lipinski definition) is 1. The van der Waals surface area contributed by atoms with Gasteiger partial charge in [-0.05, 0) is 12.5 Å². The molecule has 1 heterocycles. The van der Waals surface area contributed by atoms with Gasteiger partial charge in [0.05, 0.1) is 6.61 Å². The third kappa shape index (κ3) is 2.38. The molecule has 0 spiro atoms. The van der Waals surface area contributed by atoms with E-state index in [4.69, 9.17) is 9.47 Å². The minimum atomic E-state index is -0.773. The topological polar surface area (TPSA) is 64.6 Å². The van der Waals surface area contributed by atoms with Crippen molar-refractivity contribution in [2.75, 3.05) is 6.61 Å². The number of amides is 1. The van der Waals surface area contributed by atoms with Crippen LogP contribution in [0.4, 0.5) is 4.79 Å². The van der Waals surface area contributed by atoms with Crippen molar-refractivity contribution in [3.63, 3.8) is 0 Å². The van der Waals surface area contributed by atoms with Gasteiger partial charge in [0.1, 0.15) is 0 Å². The van der Waals surface area contributed by atoms with Gasteiger partial charge in [0.25, 0.3) is 0 Å². The van der Waals surface area contributed by atoms with Gasteiger partial charge in [0.2, 0.25) is 0 Å². The summed E-state index contributed by atoms with van der Waals surface area (Å²) in [7, 11) is 0. The van der Waals surface area contributed by atoms with E-state index in [2.05, 4.69) is 5.32 Å². The summed E-state index contributed by atoms with van der Waals surface area (Å²) in [4.78, 5) is 22.9. The Bertz CT molecular complexity index is 418. The summed E-state index contributed by atoms with van der Waals surface area (Å²) >= 11 is 0. The summed E-state index contributed by atoms with van der Waals surface area (Å²) in [6.45, 7) is 1.99. The Balaban J connectivity index is 2.20. The summed E-state index contributed by atoms with van der Waals surface area (Å²) in [6.07, 6.45) is -1.22. The molecule has 90 valence electrons. The zero-order valence-corrected chi connectivity index (χ0v) is 9.38. The van der Waals surface area contributed by atoms with Gasteiger partial charge in [0.15, 0.2) is 12.1 Å². The van der Waals surface area contributed by atoms with Crippen LogP contribution >= 0.6 is 0 Å². The zero-order valence-electron chi connectivity index (χ0n) is 9.38. The Labute approximate surface area is 98.7 Å². The van der Waals surface area contributed by atoms with Gasteiger partial charge in [-0.2, -0.15) is 0 Å². The van der Waals surface area contributed by atoms with Crippen LogP contribution in [-0.4, -0.2) is 24.7 Å². The molecule has 17 heavy (non-hydrogen) atoms. The van der Waals surface area contributed by atoms with Crippen LogP contribution in [0.1, 0.15) is 18.6 Å². The van der Waals surface area contributed by atoms with E-state index >= 15 is 0 Å². The molecule has 0 unspecified atom stereocenters. The molecule has 0 bridgehead atoms. The molecular formula is C12H13NO4. The number of nitrogens with one attached hydrogen (secondary N) is 1. The second kappa shape index (κ2) is 4.86. The van der Waals surface area contributed by atoms with Gasteiger partial charge < -0.3 is 14.8 Å². The maximum absolute atomic E-state index is 11.7. The van der Waals surface area contributed by atoms with Gasteiger partial charge in [-0.25, -0.2) is 9.59 Å². The van der Waals surface area contributed by atoms with E-state index in [9.17, 15) is 9.59 Å². The van der Waals surface area contributed by atoms with E-state index in [1.165, 1.54) is 0 Å². The monoisotopic (exact) mass is 235 g/mol. The predicted molar refractivity (Wildman–Crippen MR) is 59.2 cm³/mol. The van der Waals surface area contributed by atoms with Crippen molar-refractivity contribution in [3.05, 3.63) is 35.9 Å². The van der Waals surface area contributed by atoms with E-state index in [-0.39, 0.29) is 6.61 Å². The molecule has 1 fully saturated rings. The third-order valence-corrected chi connectivity index (χ3v) is 2.48. The molecule has 0 saturated carbocycles. The minimum absolute atomic E-state index is 0.271. The molecule has 1 aliphatic rings. The lowest BCUT2D eigenvalue weighted by atomic mass is 10.0. The number of ether oxygens (including phenoxy) is 2. The highest BCUT2D eigenvalue weighted by Crippen LogP contribution is 2.26. The van der Waals surface area contributed by atoms with Crippen LogP contribution in [0.25, 0.3) is 0 Å². The van der Waals surface area contributed by atoms with Gasteiger partial charge in [0, 0.05) is 0 Å². The molecular weight excluding hydrogens is 222 g/mol. The van der Waals surface area contributed by atoms with Gasteiger partial charge in [-0.15, -0.1) is 0 Å². The lowest BCUT2D eigenvalue weighted by Gasteiger charge is -2.15.